The van der Waals surface area contributed by atoms with Crippen molar-refractivity contribution in [1.29, 1.82) is 0 Å². The number of aryl methyl sites for hydroxylation is 1. The van der Waals surface area contributed by atoms with Crippen LogP contribution in [0.15, 0.2) is 10.7 Å². The van der Waals surface area contributed by atoms with Gasteiger partial charge in [-0.05, 0) is 35.3 Å². The number of aromatic nitrogens is 2. The number of rotatable bonds is 2. The average molecular weight is 276 g/mol. The summed E-state index contributed by atoms with van der Waals surface area (Å²) >= 11 is 3.33. The quantitative estimate of drug-likeness (QED) is 0.898. The molecule has 0 spiro atoms. The third-order valence-electron chi connectivity index (χ3n) is 2.90. The smallest absolute Gasteiger partial charge is 0.158 e. The van der Waals surface area contributed by atoms with Crippen LogP contribution in [-0.4, -0.2) is 22.4 Å². The second-order valence-corrected chi connectivity index (χ2v) is 4.81. The Morgan fingerprint density at radius 3 is 3.00 bits per heavy atom. The molecule has 0 radical (unpaired) electrons. The molecule has 3 nitrogen and oxygen atoms in total. The van der Waals surface area contributed by atoms with E-state index in [4.69, 9.17) is 0 Å². The summed E-state index contributed by atoms with van der Waals surface area (Å²) in [6.45, 7) is 0.917. The summed E-state index contributed by atoms with van der Waals surface area (Å²) in [7, 11) is 1.77. The monoisotopic (exact) mass is 275 g/mol. The minimum Gasteiger partial charge on any atom is -0.311 e. The lowest BCUT2D eigenvalue weighted by Crippen LogP contribution is -2.38. The Hall–Kier alpha value is -0.420. The van der Waals surface area contributed by atoms with E-state index < -0.39 is 6.17 Å². The van der Waals surface area contributed by atoms with Crippen LogP contribution in [0.5, 0.6) is 0 Å². The Kier molecular flexibility index (Phi) is 3.41. The van der Waals surface area contributed by atoms with E-state index in [1.807, 2.05) is 0 Å². The Balaban J connectivity index is 2.15. The summed E-state index contributed by atoms with van der Waals surface area (Å²) in [6, 6.07) is -0.0644. The van der Waals surface area contributed by atoms with Gasteiger partial charge in [-0.15, -0.1) is 0 Å². The molecule has 84 valence electrons. The average Bonchev–Trinajstić information content (AvgIpc) is 2.59. The molecule has 15 heavy (non-hydrogen) atoms. The maximum atomic E-state index is 14.2. The maximum absolute atomic E-state index is 14.2. The molecule has 1 aromatic heterocycles. The number of halogens is 2. The van der Waals surface area contributed by atoms with Crippen LogP contribution in [0.4, 0.5) is 4.39 Å². The minimum atomic E-state index is -0.979. The highest BCUT2D eigenvalue weighted by Crippen LogP contribution is 2.31. The molecule has 2 unspecified atom stereocenters. The third-order valence-corrected chi connectivity index (χ3v) is 3.51. The summed E-state index contributed by atoms with van der Waals surface area (Å²) in [5, 5.41) is 7.26. The van der Waals surface area contributed by atoms with Crippen molar-refractivity contribution < 1.29 is 4.39 Å². The van der Waals surface area contributed by atoms with E-state index in [9.17, 15) is 4.39 Å². The summed E-state index contributed by atoms with van der Waals surface area (Å²) in [6.07, 6.45) is 3.82. The van der Waals surface area contributed by atoms with Gasteiger partial charge in [0.25, 0.3) is 0 Å². The highest BCUT2D eigenvalue weighted by Gasteiger charge is 2.28. The lowest BCUT2D eigenvalue weighted by molar-refractivity contribution is 0.210. The molecule has 2 rings (SSSR count). The molecule has 1 aliphatic heterocycles. The van der Waals surface area contributed by atoms with Crippen molar-refractivity contribution in [2.45, 2.75) is 31.5 Å². The zero-order valence-corrected chi connectivity index (χ0v) is 10.3. The number of piperidine rings is 1. The van der Waals surface area contributed by atoms with Gasteiger partial charge in [0.15, 0.2) is 6.17 Å². The highest BCUT2D eigenvalue weighted by atomic mass is 79.9. The van der Waals surface area contributed by atoms with Crippen molar-refractivity contribution in [1.82, 2.24) is 15.1 Å². The molecule has 2 atom stereocenters. The van der Waals surface area contributed by atoms with Crippen LogP contribution in [-0.2, 0) is 7.05 Å². The van der Waals surface area contributed by atoms with Crippen LogP contribution in [0.1, 0.15) is 31.1 Å². The summed E-state index contributed by atoms with van der Waals surface area (Å²) in [5.74, 6) is 0. The molecule has 0 bridgehead atoms. The Morgan fingerprint density at radius 2 is 2.47 bits per heavy atom. The van der Waals surface area contributed by atoms with Crippen molar-refractivity contribution >= 4 is 15.9 Å². The number of nitrogens with zero attached hydrogens (tertiary/aromatic N) is 2. The summed E-state index contributed by atoms with van der Waals surface area (Å²) < 4.78 is 16.6. The van der Waals surface area contributed by atoms with E-state index in [0.29, 0.717) is 5.69 Å². The first kappa shape index (κ1) is 11.1. The Morgan fingerprint density at radius 1 is 1.67 bits per heavy atom. The molecular formula is C10H15BrFN3. The number of hydrogen-bond acceptors (Lipinski definition) is 2. The van der Waals surface area contributed by atoms with Gasteiger partial charge in [0, 0.05) is 13.1 Å². The normalized spacial score (nSPS) is 24.1. The molecule has 0 aliphatic carbocycles. The van der Waals surface area contributed by atoms with Crippen LogP contribution >= 0.6 is 15.9 Å². The number of nitrogens with one attached hydrogen (secondary N) is 1. The van der Waals surface area contributed by atoms with Gasteiger partial charge in [0.05, 0.1) is 16.4 Å². The molecule has 0 saturated carbocycles. The molecule has 2 heterocycles. The van der Waals surface area contributed by atoms with Gasteiger partial charge in [-0.3, -0.25) is 4.68 Å². The summed E-state index contributed by atoms with van der Waals surface area (Å²) in [5.41, 5.74) is 0.634. The van der Waals surface area contributed by atoms with Gasteiger partial charge >= 0.3 is 0 Å². The van der Waals surface area contributed by atoms with Crippen LogP contribution in [0.2, 0.25) is 0 Å². The highest BCUT2D eigenvalue weighted by molar-refractivity contribution is 9.10. The lowest BCUT2D eigenvalue weighted by Gasteiger charge is -2.26. The molecular weight excluding hydrogens is 261 g/mol. The maximum Gasteiger partial charge on any atom is 0.158 e. The fourth-order valence-corrected chi connectivity index (χ4v) is 2.62. The molecule has 1 saturated heterocycles. The van der Waals surface area contributed by atoms with Gasteiger partial charge in [-0.2, -0.15) is 5.10 Å². The fraction of sp³-hybridized carbons (Fsp3) is 0.700. The van der Waals surface area contributed by atoms with Crippen molar-refractivity contribution in [3.63, 3.8) is 0 Å². The standard InChI is InChI=1S/C10H15BrFN3/c1-15-10(7(11)6-14-15)9(12)8-4-2-3-5-13-8/h6,8-9,13H,2-5H2,1H3. The van der Waals surface area contributed by atoms with Crippen molar-refractivity contribution in [2.24, 2.45) is 7.05 Å². The van der Waals surface area contributed by atoms with Crippen LogP contribution in [0.3, 0.4) is 0 Å². The zero-order chi connectivity index (χ0) is 10.8. The van der Waals surface area contributed by atoms with E-state index in [1.54, 1.807) is 17.9 Å². The third kappa shape index (κ3) is 2.23. The van der Waals surface area contributed by atoms with Gasteiger partial charge in [-0.25, -0.2) is 4.39 Å². The SMILES string of the molecule is Cn1ncc(Br)c1C(F)C1CCCCN1. The molecule has 1 aliphatic rings. The fourth-order valence-electron chi connectivity index (χ4n) is 2.05. The predicted molar refractivity (Wildman–Crippen MR) is 60.4 cm³/mol. The van der Waals surface area contributed by atoms with Gasteiger partial charge in [-0.1, -0.05) is 6.42 Å². The van der Waals surface area contributed by atoms with Crippen LogP contribution < -0.4 is 5.32 Å². The van der Waals surface area contributed by atoms with E-state index in [0.717, 1.165) is 30.3 Å². The second kappa shape index (κ2) is 4.61. The molecule has 1 N–H and O–H groups in total. The zero-order valence-electron chi connectivity index (χ0n) is 8.71. The molecule has 0 amide bonds. The van der Waals surface area contributed by atoms with E-state index in [1.165, 1.54) is 0 Å². The molecule has 5 heteroatoms. The second-order valence-electron chi connectivity index (χ2n) is 3.96. The van der Waals surface area contributed by atoms with Crippen LogP contribution in [0.25, 0.3) is 0 Å². The molecule has 0 aromatic carbocycles. The van der Waals surface area contributed by atoms with Crippen molar-refractivity contribution in [3.8, 4) is 0 Å². The molecule has 1 aromatic rings. The minimum absolute atomic E-state index is 0.0644. The van der Waals surface area contributed by atoms with Gasteiger partial charge in [0.1, 0.15) is 0 Å². The first-order valence-electron chi connectivity index (χ1n) is 5.25. The topological polar surface area (TPSA) is 29.9 Å². The van der Waals surface area contributed by atoms with Gasteiger partial charge < -0.3 is 5.32 Å². The van der Waals surface area contributed by atoms with E-state index >= 15 is 0 Å². The number of hydrogen-bond donors (Lipinski definition) is 1. The van der Waals surface area contributed by atoms with Crippen molar-refractivity contribution in [2.75, 3.05) is 6.54 Å². The van der Waals surface area contributed by atoms with Crippen LogP contribution in [0, 0.1) is 0 Å². The predicted octanol–water partition coefficient (Wildman–Crippen LogP) is 2.34. The van der Waals surface area contributed by atoms with Gasteiger partial charge in [0.2, 0.25) is 0 Å². The first-order chi connectivity index (χ1) is 7.20. The van der Waals surface area contributed by atoms with Crippen molar-refractivity contribution in [3.05, 3.63) is 16.4 Å². The largest absolute Gasteiger partial charge is 0.311 e. The molecule has 1 fully saturated rings. The van der Waals surface area contributed by atoms with E-state index in [-0.39, 0.29) is 6.04 Å². The summed E-state index contributed by atoms with van der Waals surface area (Å²) in [4.78, 5) is 0. The Labute approximate surface area is 97.2 Å². The number of alkyl halides is 1. The Bertz CT molecular complexity index is 314. The van der Waals surface area contributed by atoms with E-state index in [2.05, 4.69) is 26.3 Å². The lowest BCUT2D eigenvalue weighted by atomic mass is 9.99. The first-order valence-corrected chi connectivity index (χ1v) is 6.04.